The normalized spacial score (nSPS) is 11.4. The van der Waals surface area contributed by atoms with E-state index in [2.05, 4.69) is 29.3 Å². The molecule has 0 amide bonds. The van der Waals surface area contributed by atoms with Gasteiger partial charge in [-0.15, -0.1) is 22.7 Å². The fourth-order valence-corrected chi connectivity index (χ4v) is 3.88. The summed E-state index contributed by atoms with van der Waals surface area (Å²) < 4.78 is 2.09. The maximum atomic E-state index is 6.23. The first-order valence-electron chi connectivity index (χ1n) is 5.52. The monoisotopic (exact) mass is 263 g/mol. The SMILES string of the molecule is CCc1c(C)sc2nc(-c3cccs3)c(N)n12. The number of rotatable bonds is 2. The molecule has 3 aromatic heterocycles. The van der Waals surface area contributed by atoms with Crippen molar-refractivity contribution in [2.24, 2.45) is 0 Å². The van der Waals surface area contributed by atoms with Crippen molar-refractivity contribution in [3.8, 4) is 10.6 Å². The predicted octanol–water partition coefficient (Wildman–Crippen LogP) is 3.58. The van der Waals surface area contributed by atoms with Gasteiger partial charge in [0, 0.05) is 10.6 Å². The number of fused-ring (bicyclic) bond motifs is 1. The topological polar surface area (TPSA) is 43.3 Å². The number of nitrogens with zero attached hydrogens (tertiary/aromatic N) is 2. The second kappa shape index (κ2) is 3.85. The second-order valence-corrected chi connectivity index (χ2v) is 6.03. The summed E-state index contributed by atoms with van der Waals surface area (Å²) >= 11 is 3.39. The van der Waals surface area contributed by atoms with Gasteiger partial charge in [-0.2, -0.15) is 0 Å². The summed E-state index contributed by atoms with van der Waals surface area (Å²) in [4.78, 5) is 8.09. The molecule has 0 bridgehead atoms. The van der Waals surface area contributed by atoms with Crippen LogP contribution in [0, 0.1) is 6.92 Å². The predicted molar refractivity (Wildman–Crippen MR) is 74.9 cm³/mol. The molecule has 3 rings (SSSR count). The Balaban J connectivity index is 2.31. The number of nitrogen functional groups attached to an aromatic ring is 1. The van der Waals surface area contributed by atoms with E-state index in [0.29, 0.717) is 0 Å². The zero-order valence-electron chi connectivity index (χ0n) is 9.73. The van der Waals surface area contributed by atoms with E-state index in [0.717, 1.165) is 27.8 Å². The Morgan fingerprint density at radius 1 is 1.47 bits per heavy atom. The molecule has 2 N–H and O–H groups in total. The molecule has 17 heavy (non-hydrogen) atoms. The highest BCUT2D eigenvalue weighted by atomic mass is 32.1. The lowest BCUT2D eigenvalue weighted by atomic mass is 10.3. The van der Waals surface area contributed by atoms with Crippen molar-refractivity contribution in [1.29, 1.82) is 0 Å². The zero-order valence-corrected chi connectivity index (χ0v) is 11.4. The number of aryl methyl sites for hydroxylation is 2. The summed E-state index contributed by atoms with van der Waals surface area (Å²) in [5.41, 5.74) is 8.43. The maximum absolute atomic E-state index is 6.23. The van der Waals surface area contributed by atoms with Crippen LogP contribution in [0.1, 0.15) is 17.5 Å². The van der Waals surface area contributed by atoms with Crippen molar-refractivity contribution >= 4 is 33.5 Å². The van der Waals surface area contributed by atoms with Gasteiger partial charge in [0.2, 0.25) is 0 Å². The molecule has 0 aliphatic heterocycles. The number of thiophene rings is 1. The number of nitrogens with two attached hydrogens (primary N) is 1. The Labute approximate surface area is 108 Å². The quantitative estimate of drug-likeness (QED) is 0.768. The van der Waals surface area contributed by atoms with Gasteiger partial charge < -0.3 is 5.73 Å². The molecule has 0 radical (unpaired) electrons. The van der Waals surface area contributed by atoms with Crippen LogP contribution in [0.2, 0.25) is 0 Å². The van der Waals surface area contributed by atoms with Crippen molar-refractivity contribution in [3.63, 3.8) is 0 Å². The smallest absolute Gasteiger partial charge is 0.196 e. The average Bonchev–Trinajstić information content (AvgIpc) is 2.96. The van der Waals surface area contributed by atoms with Crippen LogP contribution in [0.15, 0.2) is 17.5 Å². The minimum Gasteiger partial charge on any atom is -0.383 e. The first-order valence-corrected chi connectivity index (χ1v) is 7.22. The van der Waals surface area contributed by atoms with Crippen LogP contribution in [0.5, 0.6) is 0 Å². The molecule has 0 fully saturated rings. The van der Waals surface area contributed by atoms with E-state index in [-0.39, 0.29) is 0 Å². The number of anilines is 1. The zero-order chi connectivity index (χ0) is 12.0. The Kier molecular flexibility index (Phi) is 2.45. The molecule has 0 aromatic carbocycles. The van der Waals surface area contributed by atoms with Gasteiger partial charge in [0.1, 0.15) is 11.5 Å². The second-order valence-electron chi connectivity index (χ2n) is 3.90. The lowest BCUT2D eigenvalue weighted by Crippen LogP contribution is -1.97. The summed E-state index contributed by atoms with van der Waals surface area (Å²) in [6.07, 6.45) is 0.982. The number of hydrogen-bond acceptors (Lipinski definition) is 4. The molecular weight excluding hydrogens is 250 g/mol. The molecule has 3 aromatic rings. The fraction of sp³-hybridized carbons (Fsp3) is 0.250. The minimum absolute atomic E-state index is 0.767. The van der Waals surface area contributed by atoms with Crippen LogP contribution in [0.25, 0.3) is 15.5 Å². The highest BCUT2D eigenvalue weighted by molar-refractivity contribution is 7.17. The maximum Gasteiger partial charge on any atom is 0.196 e. The summed E-state index contributed by atoms with van der Waals surface area (Å²) in [7, 11) is 0. The number of aromatic nitrogens is 2. The molecule has 0 saturated carbocycles. The molecule has 88 valence electrons. The first-order chi connectivity index (χ1) is 8.22. The van der Waals surface area contributed by atoms with E-state index in [1.807, 2.05) is 11.4 Å². The van der Waals surface area contributed by atoms with Gasteiger partial charge in [0.15, 0.2) is 4.96 Å². The van der Waals surface area contributed by atoms with Crippen molar-refractivity contribution < 1.29 is 0 Å². The van der Waals surface area contributed by atoms with Crippen molar-refractivity contribution in [1.82, 2.24) is 9.38 Å². The van der Waals surface area contributed by atoms with Gasteiger partial charge in [-0.3, -0.25) is 4.40 Å². The van der Waals surface area contributed by atoms with Crippen LogP contribution < -0.4 is 5.73 Å². The van der Waals surface area contributed by atoms with E-state index >= 15 is 0 Å². The standard InChI is InChI=1S/C12H13N3S2/c1-3-8-7(2)17-12-14-10(11(13)15(8)12)9-5-4-6-16-9/h4-6H,3,13H2,1-2H3. The van der Waals surface area contributed by atoms with Crippen LogP contribution in [0.4, 0.5) is 5.82 Å². The summed E-state index contributed by atoms with van der Waals surface area (Å²) in [6, 6.07) is 4.09. The van der Waals surface area contributed by atoms with Crippen LogP contribution >= 0.6 is 22.7 Å². The third-order valence-corrected chi connectivity index (χ3v) is 4.77. The molecule has 0 saturated heterocycles. The van der Waals surface area contributed by atoms with Crippen LogP contribution in [0.3, 0.4) is 0 Å². The summed E-state index contributed by atoms with van der Waals surface area (Å²) in [6.45, 7) is 4.28. The molecule has 5 heteroatoms. The minimum atomic E-state index is 0.767. The molecule has 3 heterocycles. The Morgan fingerprint density at radius 3 is 2.94 bits per heavy atom. The highest BCUT2D eigenvalue weighted by Gasteiger charge is 2.17. The lowest BCUT2D eigenvalue weighted by Gasteiger charge is -2.00. The van der Waals surface area contributed by atoms with Gasteiger partial charge in [-0.25, -0.2) is 4.98 Å². The average molecular weight is 263 g/mol. The third-order valence-electron chi connectivity index (χ3n) is 2.89. The van der Waals surface area contributed by atoms with Gasteiger partial charge in [-0.1, -0.05) is 13.0 Å². The van der Waals surface area contributed by atoms with Gasteiger partial charge in [0.25, 0.3) is 0 Å². The van der Waals surface area contributed by atoms with Crippen LogP contribution in [-0.2, 0) is 6.42 Å². The van der Waals surface area contributed by atoms with Crippen LogP contribution in [-0.4, -0.2) is 9.38 Å². The molecule has 0 aliphatic carbocycles. The largest absolute Gasteiger partial charge is 0.383 e. The van der Waals surface area contributed by atoms with Gasteiger partial charge in [0.05, 0.1) is 4.88 Å². The third kappa shape index (κ3) is 1.50. The summed E-state index contributed by atoms with van der Waals surface area (Å²) in [5, 5.41) is 2.05. The van der Waals surface area contributed by atoms with Crippen molar-refractivity contribution in [2.45, 2.75) is 20.3 Å². The van der Waals surface area contributed by atoms with E-state index < -0.39 is 0 Å². The number of hydrogen-bond donors (Lipinski definition) is 1. The van der Waals surface area contributed by atoms with Gasteiger partial charge >= 0.3 is 0 Å². The van der Waals surface area contributed by atoms with E-state index in [1.54, 1.807) is 22.7 Å². The van der Waals surface area contributed by atoms with E-state index in [9.17, 15) is 0 Å². The molecule has 3 nitrogen and oxygen atoms in total. The molecule has 0 atom stereocenters. The molecule has 0 unspecified atom stereocenters. The van der Waals surface area contributed by atoms with Gasteiger partial charge in [-0.05, 0) is 24.8 Å². The number of thiazole rings is 1. The van der Waals surface area contributed by atoms with Crippen molar-refractivity contribution in [3.05, 3.63) is 28.1 Å². The highest BCUT2D eigenvalue weighted by Crippen LogP contribution is 2.34. The Bertz CT molecular complexity index is 662. The van der Waals surface area contributed by atoms with E-state index in [4.69, 9.17) is 5.73 Å². The molecular formula is C12H13N3S2. The number of imidazole rings is 1. The Morgan fingerprint density at radius 2 is 2.29 bits per heavy atom. The lowest BCUT2D eigenvalue weighted by molar-refractivity contribution is 0.994. The molecule has 0 spiro atoms. The van der Waals surface area contributed by atoms with E-state index in [1.165, 1.54) is 10.6 Å². The first kappa shape index (κ1) is 10.8. The molecule has 0 aliphatic rings. The Hall–Kier alpha value is -1.33. The summed E-state index contributed by atoms with van der Waals surface area (Å²) in [5.74, 6) is 0.767. The van der Waals surface area contributed by atoms with Crippen molar-refractivity contribution in [2.75, 3.05) is 5.73 Å². The fourth-order valence-electron chi connectivity index (χ4n) is 2.10.